The smallest absolute Gasteiger partial charge is 0.335 e. The van der Waals surface area contributed by atoms with Crippen LogP contribution in [0.3, 0.4) is 0 Å². The van der Waals surface area contributed by atoms with Crippen molar-refractivity contribution in [1.82, 2.24) is 15.0 Å². The highest BCUT2D eigenvalue weighted by molar-refractivity contribution is 5.89. The van der Waals surface area contributed by atoms with Gasteiger partial charge in [0.15, 0.2) is 11.5 Å². The van der Waals surface area contributed by atoms with E-state index in [0.717, 1.165) is 28.3 Å². The molecule has 0 bridgehead atoms. The summed E-state index contributed by atoms with van der Waals surface area (Å²) in [6.45, 7) is 1.13. The van der Waals surface area contributed by atoms with Gasteiger partial charge >= 0.3 is 5.97 Å². The van der Waals surface area contributed by atoms with E-state index in [2.05, 4.69) is 10.3 Å². The van der Waals surface area contributed by atoms with Crippen LogP contribution in [-0.4, -0.2) is 39.3 Å². The standard InChI is InChI=1S/C23H17N3O4/c27-23(28)18-3-1-2-17(12-18)20-14-26(25-24-20)19-7-4-15(5-8-19)16-6-9-21-22(13-16)30-11-10-29-21/h1-9,12-14H,10-11H2,(H,27,28). The molecule has 1 aliphatic rings. The Morgan fingerprint density at radius 1 is 0.867 bits per heavy atom. The van der Waals surface area contributed by atoms with Gasteiger partial charge in [-0.2, -0.15) is 0 Å². The number of aromatic carboxylic acids is 1. The Hall–Kier alpha value is -4.13. The Labute approximate surface area is 172 Å². The van der Waals surface area contributed by atoms with Gasteiger partial charge in [0.05, 0.1) is 17.4 Å². The number of carbonyl (C=O) groups is 1. The second-order valence-corrected chi connectivity index (χ2v) is 6.84. The van der Waals surface area contributed by atoms with Gasteiger partial charge in [0.2, 0.25) is 0 Å². The minimum atomic E-state index is -0.973. The Balaban J connectivity index is 1.40. The van der Waals surface area contributed by atoms with E-state index in [9.17, 15) is 4.79 Å². The molecule has 0 radical (unpaired) electrons. The minimum Gasteiger partial charge on any atom is -0.486 e. The van der Waals surface area contributed by atoms with Crippen molar-refractivity contribution in [3.05, 3.63) is 78.5 Å². The number of aromatic nitrogens is 3. The maximum Gasteiger partial charge on any atom is 0.335 e. The van der Waals surface area contributed by atoms with Crippen molar-refractivity contribution < 1.29 is 19.4 Å². The zero-order chi connectivity index (χ0) is 20.5. The van der Waals surface area contributed by atoms with Gasteiger partial charge in [-0.3, -0.25) is 0 Å². The molecule has 2 heterocycles. The lowest BCUT2D eigenvalue weighted by Gasteiger charge is -2.19. The van der Waals surface area contributed by atoms with Gasteiger partial charge in [-0.15, -0.1) is 5.10 Å². The van der Waals surface area contributed by atoms with E-state index in [1.165, 1.54) is 0 Å². The number of benzene rings is 3. The Morgan fingerprint density at radius 3 is 2.43 bits per heavy atom. The van der Waals surface area contributed by atoms with Crippen molar-refractivity contribution in [1.29, 1.82) is 0 Å². The monoisotopic (exact) mass is 399 g/mol. The molecule has 1 aliphatic heterocycles. The summed E-state index contributed by atoms with van der Waals surface area (Å²) >= 11 is 0. The first-order chi connectivity index (χ1) is 14.7. The van der Waals surface area contributed by atoms with Crippen LogP contribution in [0.2, 0.25) is 0 Å². The van der Waals surface area contributed by atoms with E-state index in [1.807, 2.05) is 48.5 Å². The summed E-state index contributed by atoms with van der Waals surface area (Å²) in [4.78, 5) is 11.2. The average molecular weight is 399 g/mol. The lowest BCUT2D eigenvalue weighted by Crippen LogP contribution is -2.15. The molecule has 0 aliphatic carbocycles. The number of carboxylic acids is 1. The molecule has 5 rings (SSSR count). The predicted octanol–water partition coefficient (Wildman–Crippen LogP) is 4.07. The summed E-state index contributed by atoms with van der Waals surface area (Å²) in [5.74, 6) is 0.551. The van der Waals surface area contributed by atoms with Crippen LogP contribution >= 0.6 is 0 Å². The van der Waals surface area contributed by atoms with Crippen LogP contribution in [0.25, 0.3) is 28.1 Å². The zero-order valence-corrected chi connectivity index (χ0v) is 15.9. The van der Waals surface area contributed by atoms with Gasteiger partial charge in [-0.05, 0) is 47.5 Å². The van der Waals surface area contributed by atoms with Gasteiger partial charge in [0, 0.05) is 5.56 Å². The number of hydrogen-bond acceptors (Lipinski definition) is 5. The van der Waals surface area contributed by atoms with Crippen LogP contribution in [0.1, 0.15) is 10.4 Å². The van der Waals surface area contributed by atoms with Crippen LogP contribution in [0.4, 0.5) is 0 Å². The molecule has 1 N–H and O–H groups in total. The second-order valence-electron chi connectivity index (χ2n) is 6.84. The van der Waals surface area contributed by atoms with Crippen molar-refractivity contribution >= 4 is 5.97 Å². The third kappa shape index (κ3) is 3.37. The fourth-order valence-electron chi connectivity index (χ4n) is 3.36. The predicted molar refractivity (Wildman–Crippen MR) is 110 cm³/mol. The summed E-state index contributed by atoms with van der Waals surface area (Å²) < 4.78 is 12.9. The van der Waals surface area contributed by atoms with Crippen LogP contribution in [-0.2, 0) is 0 Å². The summed E-state index contributed by atoms with van der Waals surface area (Å²) in [6.07, 6.45) is 1.78. The molecule has 4 aromatic rings. The van der Waals surface area contributed by atoms with Crippen molar-refractivity contribution in [2.75, 3.05) is 13.2 Å². The van der Waals surface area contributed by atoms with Gasteiger partial charge in [-0.25, -0.2) is 9.48 Å². The molecule has 30 heavy (non-hydrogen) atoms. The van der Waals surface area contributed by atoms with E-state index in [1.54, 1.807) is 29.1 Å². The van der Waals surface area contributed by atoms with Crippen LogP contribution in [0.15, 0.2) is 72.9 Å². The highest BCUT2D eigenvalue weighted by Crippen LogP contribution is 2.34. The van der Waals surface area contributed by atoms with Crippen LogP contribution in [0, 0.1) is 0 Å². The molecule has 0 amide bonds. The normalized spacial score (nSPS) is 12.5. The van der Waals surface area contributed by atoms with Crippen molar-refractivity contribution in [3.63, 3.8) is 0 Å². The first kappa shape index (κ1) is 17.9. The Bertz CT molecular complexity index is 1230. The maximum absolute atomic E-state index is 11.2. The number of fused-ring (bicyclic) bond motifs is 1. The van der Waals surface area contributed by atoms with Crippen molar-refractivity contribution in [2.24, 2.45) is 0 Å². The van der Waals surface area contributed by atoms with E-state index < -0.39 is 5.97 Å². The van der Waals surface area contributed by atoms with Crippen molar-refractivity contribution in [3.8, 4) is 39.6 Å². The number of carboxylic acid groups (broad SMARTS) is 1. The lowest BCUT2D eigenvalue weighted by molar-refractivity contribution is 0.0697. The van der Waals surface area contributed by atoms with E-state index in [-0.39, 0.29) is 5.56 Å². The molecule has 0 saturated carbocycles. The largest absolute Gasteiger partial charge is 0.486 e. The van der Waals surface area contributed by atoms with Crippen LogP contribution in [0.5, 0.6) is 11.5 Å². The summed E-state index contributed by atoms with van der Waals surface area (Å²) in [6, 6.07) is 20.5. The molecule has 3 aromatic carbocycles. The fourth-order valence-corrected chi connectivity index (χ4v) is 3.36. The number of rotatable bonds is 4. The number of nitrogens with zero attached hydrogens (tertiary/aromatic N) is 3. The summed E-state index contributed by atoms with van der Waals surface area (Å²) in [5.41, 5.74) is 4.46. The first-order valence-corrected chi connectivity index (χ1v) is 9.44. The van der Waals surface area contributed by atoms with E-state index in [0.29, 0.717) is 24.5 Å². The molecular formula is C23H17N3O4. The van der Waals surface area contributed by atoms with Crippen LogP contribution < -0.4 is 9.47 Å². The average Bonchev–Trinajstić information content (AvgIpc) is 3.29. The SMILES string of the molecule is O=C(O)c1cccc(-c2cn(-c3ccc(-c4ccc5c(c4)OCCO5)cc3)nn2)c1. The molecule has 0 spiro atoms. The first-order valence-electron chi connectivity index (χ1n) is 9.44. The third-order valence-electron chi connectivity index (χ3n) is 4.91. The Kier molecular flexibility index (Phi) is 4.40. The summed E-state index contributed by atoms with van der Waals surface area (Å²) in [7, 11) is 0. The molecule has 0 fully saturated rings. The number of ether oxygens (including phenoxy) is 2. The molecule has 7 nitrogen and oxygen atoms in total. The molecule has 148 valence electrons. The molecule has 1 aromatic heterocycles. The molecule has 0 unspecified atom stereocenters. The van der Waals surface area contributed by atoms with Crippen molar-refractivity contribution in [2.45, 2.75) is 0 Å². The second kappa shape index (κ2) is 7.36. The quantitative estimate of drug-likeness (QED) is 0.557. The lowest BCUT2D eigenvalue weighted by atomic mass is 10.0. The molecule has 0 saturated heterocycles. The maximum atomic E-state index is 11.2. The van der Waals surface area contributed by atoms with Gasteiger partial charge in [0.25, 0.3) is 0 Å². The summed E-state index contributed by atoms with van der Waals surface area (Å²) in [5, 5.41) is 17.5. The van der Waals surface area contributed by atoms with E-state index >= 15 is 0 Å². The molecular weight excluding hydrogens is 382 g/mol. The van der Waals surface area contributed by atoms with Gasteiger partial charge in [0.1, 0.15) is 18.9 Å². The minimum absolute atomic E-state index is 0.214. The highest BCUT2D eigenvalue weighted by Gasteiger charge is 2.13. The topological polar surface area (TPSA) is 86.5 Å². The fraction of sp³-hybridized carbons (Fsp3) is 0.0870. The van der Waals surface area contributed by atoms with Gasteiger partial charge < -0.3 is 14.6 Å². The third-order valence-corrected chi connectivity index (χ3v) is 4.91. The zero-order valence-electron chi connectivity index (χ0n) is 15.9. The highest BCUT2D eigenvalue weighted by atomic mass is 16.6. The van der Waals surface area contributed by atoms with Gasteiger partial charge in [-0.1, -0.05) is 35.5 Å². The molecule has 0 atom stereocenters. The van der Waals surface area contributed by atoms with E-state index in [4.69, 9.17) is 14.6 Å². The number of hydrogen-bond donors (Lipinski definition) is 1. The molecule has 7 heteroatoms. The Morgan fingerprint density at radius 2 is 1.63 bits per heavy atom.